The minimum Gasteiger partial charge on any atom is -0.494 e. The molecule has 1 heterocycles. The van der Waals surface area contributed by atoms with Gasteiger partial charge in [-0.3, -0.25) is 0 Å². The van der Waals surface area contributed by atoms with Gasteiger partial charge in [-0.2, -0.15) is 5.10 Å². The number of aryl methyl sites for hydroxylation is 1. The summed E-state index contributed by atoms with van der Waals surface area (Å²) in [6.07, 6.45) is 2.86. The van der Waals surface area contributed by atoms with E-state index in [-0.39, 0.29) is 5.69 Å². The van der Waals surface area contributed by atoms with Crippen molar-refractivity contribution >= 4 is 5.97 Å². The van der Waals surface area contributed by atoms with Crippen LogP contribution in [0, 0.1) is 0 Å². The third-order valence-corrected chi connectivity index (χ3v) is 3.18. The summed E-state index contributed by atoms with van der Waals surface area (Å²) < 4.78 is 7.11. The molecular weight excluding hydrogens is 268 g/mol. The van der Waals surface area contributed by atoms with Crippen molar-refractivity contribution in [1.82, 2.24) is 9.78 Å². The maximum absolute atomic E-state index is 11.1. The third kappa shape index (κ3) is 3.62. The molecule has 2 aromatic rings. The molecule has 0 radical (unpaired) electrons. The average Bonchev–Trinajstić information content (AvgIpc) is 2.90. The van der Waals surface area contributed by atoms with Gasteiger partial charge in [-0.15, -0.1) is 0 Å². The van der Waals surface area contributed by atoms with E-state index in [4.69, 9.17) is 9.84 Å². The van der Waals surface area contributed by atoms with Gasteiger partial charge in [0.1, 0.15) is 5.75 Å². The van der Waals surface area contributed by atoms with Crippen LogP contribution in [-0.2, 0) is 6.42 Å². The largest absolute Gasteiger partial charge is 0.494 e. The van der Waals surface area contributed by atoms with Crippen molar-refractivity contribution in [3.63, 3.8) is 0 Å². The minimum atomic E-state index is -1.00. The van der Waals surface area contributed by atoms with Gasteiger partial charge >= 0.3 is 5.97 Å². The predicted octanol–water partition coefficient (Wildman–Crippen LogP) is 3.31. The molecule has 0 aliphatic heterocycles. The van der Waals surface area contributed by atoms with Gasteiger partial charge in [0.25, 0.3) is 0 Å². The first-order chi connectivity index (χ1) is 10.2. The molecule has 0 aliphatic carbocycles. The van der Waals surface area contributed by atoms with E-state index in [2.05, 4.69) is 12.0 Å². The monoisotopic (exact) mass is 288 g/mol. The SMILES string of the molecule is CCCCc1cc(C(=O)O)nn1-c1ccc(OCC)cc1. The third-order valence-electron chi connectivity index (χ3n) is 3.18. The lowest BCUT2D eigenvalue weighted by Crippen LogP contribution is -2.04. The van der Waals surface area contributed by atoms with Gasteiger partial charge in [-0.05, 0) is 50.1 Å². The number of hydrogen-bond donors (Lipinski definition) is 1. The molecule has 5 heteroatoms. The summed E-state index contributed by atoms with van der Waals surface area (Å²) in [6.45, 7) is 4.66. The van der Waals surface area contributed by atoms with E-state index in [1.807, 2.05) is 31.2 Å². The molecule has 2 rings (SSSR count). The molecule has 0 spiro atoms. The summed E-state index contributed by atoms with van der Waals surface area (Å²) in [5.74, 6) is -0.209. The number of benzene rings is 1. The molecule has 0 saturated heterocycles. The van der Waals surface area contributed by atoms with Crippen LogP contribution in [0.2, 0.25) is 0 Å². The van der Waals surface area contributed by atoms with Crippen LogP contribution in [0.5, 0.6) is 5.75 Å². The van der Waals surface area contributed by atoms with Crippen LogP contribution >= 0.6 is 0 Å². The maximum atomic E-state index is 11.1. The van der Waals surface area contributed by atoms with Gasteiger partial charge in [0.15, 0.2) is 5.69 Å². The Morgan fingerprint density at radius 1 is 1.29 bits per heavy atom. The first-order valence-corrected chi connectivity index (χ1v) is 7.21. The highest BCUT2D eigenvalue weighted by molar-refractivity contribution is 5.85. The van der Waals surface area contributed by atoms with Crippen LogP contribution in [0.1, 0.15) is 42.9 Å². The molecule has 112 valence electrons. The van der Waals surface area contributed by atoms with Gasteiger partial charge in [-0.25, -0.2) is 9.48 Å². The summed E-state index contributed by atoms with van der Waals surface area (Å²) in [4.78, 5) is 11.1. The number of ether oxygens (including phenoxy) is 1. The van der Waals surface area contributed by atoms with Crippen molar-refractivity contribution in [2.45, 2.75) is 33.1 Å². The van der Waals surface area contributed by atoms with E-state index in [0.29, 0.717) is 6.61 Å². The number of aromatic nitrogens is 2. The Hall–Kier alpha value is -2.30. The summed E-state index contributed by atoms with van der Waals surface area (Å²) >= 11 is 0. The minimum absolute atomic E-state index is 0.0787. The molecule has 21 heavy (non-hydrogen) atoms. The second-order valence-corrected chi connectivity index (χ2v) is 4.77. The molecule has 0 unspecified atom stereocenters. The summed E-state index contributed by atoms with van der Waals surface area (Å²) in [6, 6.07) is 9.15. The zero-order valence-electron chi connectivity index (χ0n) is 12.4. The van der Waals surface area contributed by atoms with Crippen molar-refractivity contribution in [3.05, 3.63) is 41.7 Å². The van der Waals surface area contributed by atoms with Crippen LogP contribution in [0.3, 0.4) is 0 Å². The fourth-order valence-corrected chi connectivity index (χ4v) is 2.13. The number of unbranched alkanes of at least 4 members (excludes halogenated alkanes) is 1. The zero-order chi connectivity index (χ0) is 15.2. The maximum Gasteiger partial charge on any atom is 0.356 e. The fraction of sp³-hybridized carbons (Fsp3) is 0.375. The number of rotatable bonds is 7. The Bertz CT molecular complexity index is 602. The van der Waals surface area contributed by atoms with Crippen LogP contribution in [-0.4, -0.2) is 27.5 Å². The zero-order valence-corrected chi connectivity index (χ0v) is 12.4. The molecule has 0 saturated carbocycles. The van der Waals surface area contributed by atoms with Crippen LogP contribution < -0.4 is 4.74 Å². The summed E-state index contributed by atoms with van der Waals surface area (Å²) in [7, 11) is 0. The second kappa shape index (κ2) is 6.92. The Kier molecular flexibility index (Phi) is 4.98. The summed E-state index contributed by atoms with van der Waals surface area (Å²) in [5.41, 5.74) is 1.84. The Balaban J connectivity index is 2.33. The lowest BCUT2D eigenvalue weighted by molar-refractivity contribution is 0.0690. The quantitative estimate of drug-likeness (QED) is 0.849. The van der Waals surface area contributed by atoms with Gasteiger partial charge in [0.2, 0.25) is 0 Å². The number of carbonyl (C=O) groups is 1. The fourth-order valence-electron chi connectivity index (χ4n) is 2.13. The summed E-state index contributed by atoms with van der Waals surface area (Å²) in [5, 5.41) is 13.3. The molecule has 0 atom stereocenters. The molecule has 0 aliphatic rings. The van der Waals surface area contributed by atoms with Crippen LogP contribution in [0.25, 0.3) is 5.69 Å². The highest BCUT2D eigenvalue weighted by Crippen LogP contribution is 2.19. The predicted molar refractivity (Wildman–Crippen MR) is 80.3 cm³/mol. The van der Waals surface area contributed by atoms with E-state index in [1.54, 1.807) is 10.7 Å². The van der Waals surface area contributed by atoms with Crippen LogP contribution in [0.15, 0.2) is 30.3 Å². The molecule has 0 fully saturated rings. The van der Waals surface area contributed by atoms with Crippen molar-refractivity contribution in [3.8, 4) is 11.4 Å². The Morgan fingerprint density at radius 3 is 2.57 bits per heavy atom. The van der Waals surface area contributed by atoms with E-state index < -0.39 is 5.97 Å². The molecule has 0 amide bonds. The van der Waals surface area contributed by atoms with Gasteiger partial charge < -0.3 is 9.84 Å². The van der Waals surface area contributed by atoms with Gasteiger partial charge in [-0.1, -0.05) is 13.3 Å². The van der Waals surface area contributed by atoms with E-state index in [0.717, 1.165) is 36.4 Å². The Labute approximate surface area is 124 Å². The number of aromatic carboxylic acids is 1. The number of carboxylic acid groups (broad SMARTS) is 1. The van der Waals surface area contributed by atoms with E-state index >= 15 is 0 Å². The van der Waals surface area contributed by atoms with Gasteiger partial charge in [0.05, 0.1) is 12.3 Å². The second-order valence-electron chi connectivity index (χ2n) is 4.77. The smallest absolute Gasteiger partial charge is 0.356 e. The first kappa shape index (κ1) is 15.1. The first-order valence-electron chi connectivity index (χ1n) is 7.21. The van der Waals surface area contributed by atoms with Crippen molar-refractivity contribution in [1.29, 1.82) is 0 Å². The number of nitrogens with zero attached hydrogens (tertiary/aromatic N) is 2. The van der Waals surface area contributed by atoms with E-state index in [9.17, 15) is 4.79 Å². The van der Waals surface area contributed by atoms with E-state index in [1.165, 1.54) is 0 Å². The highest BCUT2D eigenvalue weighted by atomic mass is 16.5. The normalized spacial score (nSPS) is 10.6. The highest BCUT2D eigenvalue weighted by Gasteiger charge is 2.14. The molecule has 0 bridgehead atoms. The molecule has 1 aromatic heterocycles. The molecule has 5 nitrogen and oxygen atoms in total. The topological polar surface area (TPSA) is 64.3 Å². The lowest BCUT2D eigenvalue weighted by atomic mass is 10.2. The molecular formula is C16H20N2O3. The van der Waals surface area contributed by atoms with Crippen molar-refractivity contribution in [2.75, 3.05) is 6.61 Å². The standard InChI is InChI=1S/C16H20N2O3/c1-3-5-6-13-11-15(16(19)20)17-18(13)12-7-9-14(10-8-12)21-4-2/h7-11H,3-6H2,1-2H3,(H,19,20). The Morgan fingerprint density at radius 2 is 2.00 bits per heavy atom. The number of carboxylic acids is 1. The molecule has 1 N–H and O–H groups in total. The lowest BCUT2D eigenvalue weighted by Gasteiger charge is -2.08. The van der Waals surface area contributed by atoms with Crippen LogP contribution in [0.4, 0.5) is 0 Å². The van der Waals surface area contributed by atoms with Gasteiger partial charge in [0, 0.05) is 5.69 Å². The van der Waals surface area contributed by atoms with Crippen molar-refractivity contribution in [2.24, 2.45) is 0 Å². The van der Waals surface area contributed by atoms with Crippen molar-refractivity contribution < 1.29 is 14.6 Å². The number of hydrogen-bond acceptors (Lipinski definition) is 3. The average molecular weight is 288 g/mol. The molecule has 1 aromatic carbocycles.